The van der Waals surface area contributed by atoms with Gasteiger partial charge in [-0.05, 0) is 37.5 Å². The molecule has 3 atom stereocenters. The van der Waals surface area contributed by atoms with Crippen molar-refractivity contribution in [3.8, 4) is 0 Å². The number of ether oxygens (including phenoxy) is 1. The zero-order valence-electron chi connectivity index (χ0n) is 9.25. The number of hydrogen-bond donors (Lipinski definition) is 1. The molecule has 0 amide bonds. The minimum absolute atomic E-state index is 0.545. The lowest BCUT2D eigenvalue weighted by Gasteiger charge is -2.45. The molecule has 0 aromatic rings. The van der Waals surface area contributed by atoms with Crippen molar-refractivity contribution < 1.29 is 4.74 Å². The van der Waals surface area contributed by atoms with Crippen LogP contribution in [0.5, 0.6) is 0 Å². The van der Waals surface area contributed by atoms with Crippen LogP contribution in [0.25, 0.3) is 0 Å². The zero-order valence-corrected chi connectivity index (χ0v) is 9.25. The molecule has 0 aromatic carbocycles. The van der Waals surface area contributed by atoms with Crippen LogP contribution in [-0.2, 0) is 4.74 Å². The highest BCUT2D eigenvalue weighted by Gasteiger charge is 2.44. The topological polar surface area (TPSA) is 21.3 Å². The molecule has 3 unspecified atom stereocenters. The van der Waals surface area contributed by atoms with E-state index in [1.54, 1.807) is 0 Å². The van der Waals surface area contributed by atoms with Crippen LogP contribution in [0.3, 0.4) is 0 Å². The van der Waals surface area contributed by atoms with Crippen molar-refractivity contribution in [2.24, 2.45) is 5.41 Å². The van der Waals surface area contributed by atoms with Crippen molar-refractivity contribution in [2.45, 2.75) is 70.2 Å². The van der Waals surface area contributed by atoms with Crippen LogP contribution in [0.1, 0.15) is 46.0 Å². The molecule has 14 heavy (non-hydrogen) atoms. The second-order valence-electron chi connectivity index (χ2n) is 6.15. The molecular weight excluding hydrogens is 174 g/mol. The first-order chi connectivity index (χ1) is 6.62. The van der Waals surface area contributed by atoms with Crippen LogP contribution in [0.2, 0.25) is 0 Å². The summed E-state index contributed by atoms with van der Waals surface area (Å²) in [7, 11) is 0. The summed E-state index contributed by atoms with van der Waals surface area (Å²) in [5, 5.41) is 3.78. The van der Waals surface area contributed by atoms with Crippen molar-refractivity contribution >= 4 is 0 Å². The summed E-state index contributed by atoms with van der Waals surface area (Å²) in [6, 6.07) is 1.45. The SMILES string of the molecule is CC1(C)CC(NC2CC3CCC2O3)C1. The standard InChI is InChI=1S/C12H21NO/c1-12(2)6-8(7-12)13-10-5-9-3-4-11(10)14-9/h8-11,13H,3-7H2,1-2H3. The molecule has 1 saturated carbocycles. The molecule has 3 aliphatic rings. The van der Waals surface area contributed by atoms with Gasteiger partial charge in [-0.25, -0.2) is 0 Å². The Kier molecular flexibility index (Phi) is 1.94. The van der Waals surface area contributed by atoms with Crippen molar-refractivity contribution in [2.75, 3.05) is 0 Å². The molecule has 1 aliphatic carbocycles. The summed E-state index contributed by atoms with van der Waals surface area (Å²) in [6.07, 6.45) is 7.69. The first-order valence-corrected chi connectivity index (χ1v) is 6.04. The van der Waals surface area contributed by atoms with Crippen LogP contribution >= 0.6 is 0 Å². The smallest absolute Gasteiger partial charge is 0.0733 e. The zero-order chi connectivity index (χ0) is 9.76. The normalized spacial score (nSPS) is 45.4. The van der Waals surface area contributed by atoms with Gasteiger partial charge >= 0.3 is 0 Å². The van der Waals surface area contributed by atoms with Crippen molar-refractivity contribution in [1.29, 1.82) is 0 Å². The molecule has 2 heteroatoms. The molecule has 2 aliphatic heterocycles. The van der Waals surface area contributed by atoms with E-state index in [9.17, 15) is 0 Å². The lowest BCUT2D eigenvalue weighted by molar-refractivity contribution is 0.0785. The highest BCUT2D eigenvalue weighted by atomic mass is 16.5. The van der Waals surface area contributed by atoms with Crippen LogP contribution in [0, 0.1) is 5.41 Å². The van der Waals surface area contributed by atoms with Gasteiger partial charge in [0.25, 0.3) is 0 Å². The first kappa shape index (κ1) is 9.17. The minimum atomic E-state index is 0.545. The summed E-state index contributed by atoms with van der Waals surface area (Å²) < 4.78 is 5.84. The average Bonchev–Trinajstić information content (AvgIpc) is 2.61. The summed E-state index contributed by atoms with van der Waals surface area (Å²) in [4.78, 5) is 0. The van der Waals surface area contributed by atoms with Gasteiger partial charge in [0.1, 0.15) is 0 Å². The maximum absolute atomic E-state index is 5.84. The van der Waals surface area contributed by atoms with Gasteiger partial charge in [-0.3, -0.25) is 0 Å². The molecule has 2 heterocycles. The van der Waals surface area contributed by atoms with Crippen LogP contribution < -0.4 is 5.32 Å². The Morgan fingerprint density at radius 1 is 1.21 bits per heavy atom. The van der Waals surface area contributed by atoms with E-state index in [-0.39, 0.29) is 0 Å². The Balaban J connectivity index is 1.50. The molecule has 1 N–H and O–H groups in total. The highest BCUT2D eigenvalue weighted by Crippen LogP contribution is 2.42. The second-order valence-corrected chi connectivity index (χ2v) is 6.15. The van der Waals surface area contributed by atoms with Gasteiger partial charge in [0.15, 0.2) is 0 Å². The lowest BCUT2D eigenvalue weighted by Crippen LogP contribution is -2.52. The van der Waals surface area contributed by atoms with Gasteiger partial charge in [0.2, 0.25) is 0 Å². The number of hydrogen-bond acceptors (Lipinski definition) is 2. The molecular formula is C12H21NO. The molecule has 0 spiro atoms. The molecule has 0 aromatic heterocycles. The lowest BCUT2D eigenvalue weighted by atomic mass is 9.68. The van der Waals surface area contributed by atoms with E-state index in [1.165, 1.54) is 32.1 Å². The molecule has 3 fully saturated rings. The molecule has 80 valence electrons. The molecule has 3 rings (SSSR count). The van der Waals surface area contributed by atoms with E-state index in [0.29, 0.717) is 23.7 Å². The third-order valence-electron chi connectivity index (χ3n) is 4.15. The van der Waals surface area contributed by atoms with Gasteiger partial charge in [-0.15, -0.1) is 0 Å². The Morgan fingerprint density at radius 2 is 2.00 bits per heavy atom. The summed E-state index contributed by atoms with van der Waals surface area (Å²) in [5.41, 5.74) is 0.593. The maximum atomic E-state index is 5.84. The Hall–Kier alpha value is -0.0800. The van der Waals surface area contributed by atoms with Gasteiger partial charge < -0.3 is 10.1 Å². The fourth-order valence-electron chi connectivity index (χ4n) is 3.51. The van der Waals surface area contributed by atoms with Gasteiger partial charge in [-0.1, -0.05) is 13.8 Å². The minimum Gasteiger partial charge on any atom is -0.373 e. The molecule has 2 bridgehead atoms. The predicted octanol–water partition coefficient (Wildman–Crippen LogP) is 2.08. The van der Waals surface area contributed by atoms with E-state index < -0.39 is 0 Å². The van der Waals surface area contributed by atoms with Crippen molar-refractivity contribution in [3.05, 3.63) is 0 Å². The highest BCUT2D eigenvalue weighted by molar-refractivity contribution is 4.99. The van der Waals surface area contributed by atoms with Crippen LogP contribution in [-0.4, -0.2) is 24.3 Å². The first-order valence-electron chi connectivity index (χ1n) is 6.04. The Morgan fingerprint density at radius 3 is 2.50 bits per heavy atom. The summed E-state index contributed by atoms with van der Waals surface area (Å²) in [5.74, 6) is 0. The summed E-state index contributed by atoms with van der Waals surface area (Å²) in [6.45, 7) is 4.73. The average molecular weight is 195 g/mol. The fourth-order valence-corrected chi connectivity index (χ4v) is 3.51. The Labute approximate surface area is 86.4 Å². The van der Waals surface area contributed by atoms with E-state index in [2.05, 4.69) is 19.2 Å². The van der Waals surface area contributed by atoms with Crippen LogP contribution in [0.15, 0.2) is 0 Å². The molecule has 2 nitrogen and oxygen atoms in total. The second kappa shape index (κ2) is 2.96. The van der Waals surface area contributed by atoms with E-state index >= 15 is 0 Å². The van der Waals surface area contributed by atoms with Crippen LogP contribution in [0.4, 0.5) is 0 Å². The quantitative estimate of drug-likeness (QED) is 0.728. The van der Waals surface area contributed by atoms with Crippen molar-refractivity contribution in [3.63, 3.8) is 0 Å². The summed E-state index contributed by atoms with van der Waals surface area (Å²) >= 11 is 0. The number of rotatable bonds is 2. The largest absolute Gasteiger partial charge is 0.373 e. The van der Waals surface area contributed by atoms with Gasteiger partial charge in [0.05, 0.1) is 12.2 Å². The third-order valence-corrected chi connectivity index (χ3v) is 4.15. The predicted molar refractivity (Wildman–Crippen MR) is 56.2 cm³/mol. The van der Waals surface area contributed by atoms with E-state index in [1.807, 2.05) is 0 Å². The van der Waals surface area contributed by atoms with E-state index in [0.717, 1.165) is 6.04 Å². The van der Waals surface area contributed by atoms with Crippen molar-refractivity contribution in [1.82, 2.24) is 5.32 Å². The van der Waals surface area contributed by atoms with Gasteiger partial charge in [0, 0.05) is 12.1 Å². The fraction of sp³-hybridized carbons (Fsp3) is 1.00. The maximum Gasteiger partial charge on any atom is 0.0733 e. The molecule has 2 saturated heterocycles. The number of fused-ring (bicyclic) bond motifs is 2. The third kappa shape index (κ3) is 1.49. The number of nitrogens with one attached hydrogen (secondary N) is 1. The molecule has 0 radical (unpaired) electrons. The Bertz CT molecular complexity index is 230. The monoisotopic (exact) mass is 195 g/mol. The van der Waals surface area contributed by atoms with E-state index in [4.69, 9.17) is 4.74 Å². The van der Waals surface area contributed by atoms with Gasteiger partial charge in [-0.2, -0.15) is 0 Å².